The topological polar surface area (TPSA) is 47.3 Å². The molecule has 0 amide bonds. The lowest BCUT2D eigenvalue weighted by atomic mass is 10.1. The van der Waals surface area contributed by atoms with E-state index in [-0.39, 0.29) is 0 Å². The summed E-state index contributed by atoms with van der Waals surface area (Å²) in [4.78, 5) is 0.406. The van der Waals surface area contributed by atoms with Gasteiger partial charge in [-0.1, -0.05) is 41.5 Å². The molecule has 0 fully saturated rings. The van der Waals surface area contributed by atoms with Crippen LogP contribution in [0.5, 0.6) is 0 Å². The van der Waals surface area contributed by atoms with Crippen LogP contribution < -0.4 is 11.1 Å². The van der Waals surface area contributed by atoms with Crippen molar-refractivity contribution in [3.63, 3.8) is 0 Å². The average molecular weight is 345 g/mol. The first-order chi connectivity index (χ1) is 9.15. The summed E-state index contributed by atoms with van der Waals surface area (Å²) < 4.78 is 6.49. The molecule has 3 N–H and O–H groups in total. The van der Waals surface area contributed by atoms with Crippen LogP contribution in [0.25, 0.3) is 0 Å². The minimum Gasteiger partial charge on any atom is -0.389 e. The summed E-state index contributed by atoms with van der Waals surface area (Å²) >= 11 is 8.47. The van der Waals surface area contributed by atoms with Crippen molar-refractivity contribution in [1.82, 2.24) is 0 Å². The second kappa shape index (κ2) is 9.28. The monoisotopic (exact) mass is 344 g/mol. The molecular weight excluding hydrogens is 324 g/mol. The zero-order chi connectivity index (χ0) is 14.1. The smallest absolute Gasteiger partial charge is 0.106 e. The quantitative estimate of drug-likeness (QED) is 0.529. The zero-order valence-electron chi connectivity index (χ0n) is 11.2. The van der Waals surface area contributed by atoms with Crippen LogP contribution in [-0.2, 0) is 4.74 Å². The van der Waals surface area contributed by atoms with Gasteiger partial charge in [-0.3, -0.25) is 0 Å². The van der Waals surface area contributed by atoms with E-state index in [9.17, 15) is 0 Å². The van der Waals surface area contributed by atoms with Gasteiger partial charge in [-0.2, -0.15) is 0 Å². The molecule has 0 bridgehead atoms. The second-order valence-electron chi connectivity index (χ2n) is 4.30. The van der Waals surface area contributed by atoms with Gasteiger partial charge in [0.2, 0.25) is 0 Å². The van der Waals surface area contributed by atoms with E-state index < -0.39 is 0 Å². The Bertz CT molecular complexity index is 412. The summed E-state index contributed by atoms with van der Waals surface area (Å²) in [5.41, 5.74) is 7.56. The number of benzene rings is 1. The number of nitrogens with one attached hydrogen (secondary N) is 1. The van der Waals surface area contributed by atoms with Crippen molar-refractivity contribution in [2.75, 3.05) is 25.1 Å². The molecule has 19 heavy (non-hydrogen) atoms. The molecule has 1 aromatic rings. The predicted molar refractivity (Wildman–Crippen MR) is 88.9 cm³/mol. The van der Waals surface area contributed by atoms with Gasteiger partial charge in [-0.05, 0) is 31.0 Å². The van der Waals surface area contributed by atoms with Crippen molar-refractivity contribution in [1.29, 1.82) is 0 Å². The Morgan fingerprint density at radius 1 is 1.37 bits per heavy atom. The van der Waals surface area contributed by atoms with E-state index >= 15 is 0 Å². The minimum atomic E-state index is 0.406. The molecule has 0 aliphatic rings. The van der Waals surface area contributed by atoms with Gasteiger partial charge in [0.05, 0.1) is 0 Å². The van der Waals surface area contributed by atoms with E-state index in [4.69, 9.17) is 22.7 Å². The van der Waals surface area contributed by atoms with Crippen molar-refractivity contribution in [3.05, 3.63) is 28.2 Å². The van der Waals surface area contributed by atoms with Crippen molar-refractivity contribution in [2.45, 2.75) is 26.2 Å². The summed E-state index contributed by atoms with van der Waals surface area (Å²) in [5, 5.41) is 3.34. The van der Waals surface area contributed by atoms with Gasteiger partial charge in [0.1, 0.15) is 4.99 Å². The third-order valence-corrected chi connectivity index (χ3v) is 3.38. The number of rotatable bonds is 9. The molecule has 0 aliphatic carbocycles. The number of ether oxygens (including phenoxy) is 1. The molecule has 0 radical (unpaired) electrons. The van der Waals surface area contributed by atoms with Crippen molar-refractivity contribution in [3.8, 4) is 0 Å². The lowest BCUT2D eigenvalue weighted by Gasteiger charge is -2.11. The minimum absolute atomic E-state index is 0.406. The fourth-order valence-corrected chi connectivity index (χ4v) is 2.15. The Kier molecular flexibility index (Phi) is 8.02. The summed E-state index contributed by atoms with van der Waals surface area (Å²) in [5.74, 6) is 0. The molecule has 0 heterocycles. The molecule has 3 nitrogen and oxygen atoms in total. The van der Waals surface area contributed by atoms with Crippen molar-refractivity contribution < 1.29 is 4.74 Å². The fourth-order valence-electron chi connectivity index (χ4n) is 1.62. The average Bonchev–Trinajstić information content (AvgIpc) is 2.39. The van der Waals surface area contributed by atoms with Crippen LogP contribution in [-0.4, -0.2) is 24.7 Å². The van der Waals surface area contributed by atoms with Crippen LogP contribution in [0.4, 0.5) is 5.69 Å². The summed E-state index contributed by atoms with van der Waals surface area (Å²) in [6.07, 6.45) is 3.27. The molecule has 0 spiro atoms. The van der Waals surface area contributed by atoms with Gasteiger partial charge in [-0.15, -0.1) is 0 Å². The van der Waals surface area contributed by atoms with Gasteiger partial charge in [-0.25, -0.2) is 0 Å². The van der Waals surface area contributed by atoms with Gasteiger partial charge in [0, 0.05) is 35.5 Å². The molecule has 1 aromatic carbocycles. The summed E-state index contributed by atoms with van der Waals surface area (Å²) in [7, 11) is 0. The molecule has 106 valence electrons. The number of nitrogens with two attached hydrogens (primary N) is 1. The molecule has 0 saturated carbocycles. The van der Waals surface area contributed by atoms with Gasteiger partial charge in [0.15, 0.2) is 0 Å². The normalized spacial score (nSPS) is 10.4. The Morgan fingerprint density at radius 2 is 2.11 bits per heavy atom. The molecule has 0 aliphatic heterocycles. The SMILES string of the molecule is CCCCOCCCNc1ccc(Br)cc1C(N)=S. The van der Waals surface area contributed by atoms with Crippen molar-refractivity contribution >= 4 is 38.8 Å². The van der Waals surface area contributed by atoms with E-state index in [0.29, 0.717) is 4.99 Å². The van der Waals surface area contributed by atoms with Crippen LogP contribution in [0.1, 0.15) is 31.7 Å². The number of anilines is 1. The van der Waals surface area contributed by atoms with Crippen LogP contribution in [0.2, 0.25) is 0 Å². The highest BCUT2D eigenvalue weighted by molar-refractivity contribution is 9.10. The van der Waals surface area contributed by atoms with E-state index in [1.54, 1.807) is 0 Å². The number of halogens is 1. The van der Waals surface area contributed by atoms with Gasteiger partial charge in [0.25, 0.3) is 0 Å². The number of unbranched alkanes of at least 4 members (excludes halogenated alkanes) is 1. The zero-order valence-corrected chi connectivity index (χ0v) is 13.6. The standard InChI is InChI=1S/C14H21BrN2OS/c1-2-3-8-18-9-4-7-17-13-6-5-11(15)10-12(13)14(16)19/h5-6,10,17H,2-4,7-9H2,1H3,(H2,16,19). The maximum atomic E-state index is 5.71. The molecule has 0 saturated heterocycles. The highest BCUT2D eigenvalue weighted by atomic mass is 79.9. The Hall–Kier alpha value is -0.650. The first-order valence-corrected chi connectivity index (χ1v) is 7.76. The van der Waals surface area contributed by atoms with Crippen LogP contribution >= 0.6 is 28.1 Å². The van der Waals surface area contributed by atoms with Crippen LogP contribution in [0.15, 0.2) is 22.7 Å². The van der Waals surface area contributed by atoms with Gasteiger partial charge < -0.3 is 15.8 Å². The molecule has 0 atom stereocenters. The van der Waals surface area contributed by atoms with E-state index in [1.165, 1.54) is 6.42 Å². The number of thiocarbonyl (C=S) groups is 1. The number of hydrogen-bond acceptors (Lipinski definition) is 3. The highest BCUT2D eigenvalue weighted by Crippen LogP contribution is 2.21. The number of hydrogen-bond donors (Lipinski definition) is 2. The first kappa shape index (κ1) is 16.4. The second-order valence-corrected chi connectivity index (χ2v) is 5.66. The van der Waals surface area contributed by atoms with Crippen LogP contribution in [0.3, 0.4) is 0 Å². The van der Waals surface area contributed by atoms with Crippen molar-refractivity contribution in [2.24, 2.45) is 5.73 Å². The third kappa shape index (κ3) is 6.36. The van der Waals surface area contributed by atoms with Gasteiger partial charge >= 0.3 is 0 Å². The lowest BCUT2D eigenvalue weighted by molar-refractivity contribution is 0.131. The largest absolute Gasteiger partial charge is 0.389 e. The van der Waals surface area contributed by atoms with E-state index in [2.05, 4.69) is 28.2 Å². The molecule has 5 heteroatoms. The maximum absolute atomic E-state index is 5.71. The molecular formula is C14H21BrN2OS. The molecule has 1 rings (SSSR count). The predicted octanol–water partition coefficient (Wildman–Crippen LogP) is 3.70. The Morgan fingerprint density at radius 3 is 2.79 bits per heavy atom. The molecule has 0 unspecified atom stereocenters. The lowest BCUT2D eigenvalue weighted by Crippen LogP contribution is -2.14. The Balaban J connectivity index is 2.35. The van der Waals surface area contributed by atoms with Crippen LogP contribution in [0, 0.1) is 0 Å². The fraction of sp³-hybridized carbons (Fsp3) is 0.500. The highest BCUT2D eigenvalue weighted by Gasteiger charge is 2.05. The Labute approximate surface area is 129 Å². The summed E-state index contributed by atoms with van der Waals surface area (Å²) in [6.45, 7) is 4.65. The maximum Gasteiger partial charge on any atom is 0.106 e. The summed E-state index contributed by atoms with van der Waals surface area (Å²) in [6, 6.07) is 5.89. The van der Waals surface area contributed by atoms with E-state index in [1.807, 2.05) is 18.2 Å². The first-order valence-electron chi connectivity index (χ1n) is 6.56. The van der Waals surface area contributed by atoms with E-state index in [0.717, 1.165) is 48.3 Å². The molecule has 0 aromatic heterocycles. The third-order valence-electron chi connectivity index (χ3n) is 2.67.